The van der Waals surface area contributed by atoms with Gasteiger partial charge in [-0.25, -0.2) is 0 Å². The van der Waals surface area contributed by atoms with Crippen LogP contribution in [0.5, 0.6) is 0 Å². The summed E-state index contributed by atoms with van der Waals surface area (Å²) in [5.41, 5.74) is 3.50. The number of nitrogens with zero attached hydrogens (tertiary/aromatic N) is 2. The molecule has 1 amide bonds. The maximum Gasteiger partial charge on any atom is 0.280 e. The number of benzene rings is 2. The monoisotopic (exact) mass is 486 g/mol. The first-order chi connectivity index (χ1) is 17.1. The van der Waals surface area contributed by atoms with Crippen molar-refractivity contribution < 1.29 is 14.1 Å². The first kappa shape index (κ1) is 21.6. The summed E-state index contributed by atoms with van der Waals surface area (Å²) >= 11 is 1.62. The van der Waals surface area contributed by atoms with Crippen LogP contribution >= 0.6 is 11.3 Å². The van der Waals surface area contributed by atoms with Gasteiger partial charge >= 0.3 is 0 Å². The van der Waals surface area contributed by atoms with Crippen LogP contribution in [0.1, 0.15) is 38.3 Å². The Labute approximate surface area is 205 Å². The molecule has 0 spiro atoms. The molecule has 2 aliphatic rings. The number of furan rings is 1. The van der Waals surface area contributed by atoms with Crippen molar-refractivity contribution in [1.82, 2.24) is 10.2 Å². The van der Waals surface area contributed by atoms with Crippen LogP contribution in [0.4, 0.5) is 10.7 Å². The third kappa shape index (κ3) is 3.98. The van der Waals surface area contributed by atoms with Gasteiger partial charge in [0.1, 0.15) is 16.5 Å². The number of nitrogens with one attached hydrogen (secondary N) is 2. The lowest BCUT2D eigenvalue weighted by molar-refractivity contribution is -0.384. The Morgan fingerprint density at radius 3 is 2.69 bits per heavy atom. The molecule has 35 heavy (non-hydrogen) atoms. The molecule has 0 saturated heterocycles. The van der Waals surface area contributed by atoms with E-state index in [1.54, 1.807) is 41.7 Å². The van der Waals surface area contributed by atoms with Crippen LogP contribution in [0.25, 0.3) is 11.3 Å². The first-order valence-electron chi connectivity index (χ1n) is 11.4. The number of anilines is 1. The molecule has 6 rings (SSSR count). The number of nitro groups is 1. The van der Waals surface area contributed by atoms with Crippen molar-refractivity contribution in [1.29, 1.82) is 0 Å². The molecule has 9 heteroatoms. The highest BCUT2D eigenvalue weighted by Gasteiger charge is 2.34. The molecular weight excluding hydrogens is 464 g/mol. The van der Waals surface area contributed by atoms with Crippen molar-refractivity contribution in [3.05, 3.63) is 104 Å². The third-order valence-electron chi connectivity index (χ3n) is 6.44. The molecule has 2 aromatic carbocycles. The van der Waals surface area contributed by atoms with Gasteiger partial charge in [-0.05, 0) is 35.7 Å². The number of thiophene rings is 1. The fourth-order valence-corrected chi connectivity index (χ4v) is 6.10. The fraction of sp³-hybridized carbons (Fsp3) is 0.192. The maximum absolute atomic E-state index is 13.1. The molecule has 8 nitrogen and oxygen atoms in total. The molecule has 2 N–H and O–H groups in total. The van der Waals surface area contributed by atoms with Crippen LogP contribution in [0.15, 0.2) is 71.1 Å². The fourth-order valence-electron chi connectivity index (χ4n) is 4.78. The second kappa shape index (κ2) is 8.68. The van der Waals surface area contributed by atoms with E-state index in [1.165, 1.54) is 16.5 Å². The summed E-state index contributed by atoms with van der Waals surface area (Å²) in [6, 6.07) is 20.3. The van der Waals surface area contributed by atoms with Crippen LogP contribution in [-0.4, -0.2) is 22.3 Å². The summed E-state index contributed by atoms with van der Waals surface area (Å²) in [5.74, 6) is 0.756. The van der Waals surface area contributed by atoms with E-state index in [0.29, 0.717) is 17.1 Å². The van der Waals surface area contributed by atoms with Crippen LogP contribution in [0, 0.1) is 10.1 Å². The summed E-state index contributed by atoms with van der Waals surface area (Å²) in [6.07, 6.45) is 0.281. The number of carbonyl (C=O) groups excluding carboxylic acids is 1. The van der Waals surface area contributed by atoms with E-state index in [9.17, 15) is 14.9 Å². The minimum absolute atomic E-state index is 0.0256. The van der Waals surface area contributed by atoms with E-state index in [2.05, 4.69) is 39.8 Å². The highest BCUT2D eigenvalue weighted by atomic mass is 32.1. The molecule has 4 heterocycles. The minimum Gasteiger partial charge on any atom is -0.457 e. The van der Waals surface area contributed by atoms with Gasteiger partial charge in [0.25, 0.3) is 11.6 Å². The van der Waals surface area contributed by atoms with Crippen molar-refractivity contribution in [2.45, 2.75) is 25.7 Å². The zero-order chi connectivity index (χ0) is 23.9. The average Bonchev–Trinajstić information content (AvgIpc) is 3.49. The van der Waals surface area contributed by atoms with E-state index >= 15 is 0 Å². The van der Waals surface area contributed by atoms with Crippen molar-refractivity contribution in [2.75, 3.05) is 11.9 Å². The number of hydrogen-bond donors (Lipinski definition) is 2. The number of amides is 1. The Kier molecular flexibility index (Phi) is 5.35. The van der Waals surface area contributed by atoms with Gasteiger partial charge in [0.2, 0.25) is 0 Å². The van der Waals surface area contributed by atoms with Crippen molar-refractivity contribution >= 4 is 27.9 Å². The van der Waals surface area contributed by atoms with Gasteiger partial charge in [-0.1, -0.05) is 42.5 Å². The molecule has 2 aliphatic heterocycles. The summed E-state index contributed by atoms with van der Waals surface area (Å²) in [7, 11) is 0. The molecule has 0 fully saturated rings. The van der Waals surface area contributed by atoms with Crippen LogP contribution in [0.3, 0.4) is 0 Å². The smallest absolute Gasteiger partial charge is 0.280 e. The van der Waals surface area contributed by atoms with Gasteiger partial charge in [-0.3, -0.25) is 19.8 Å². The van der Waals surface area contributed by atoms with Crippen molar-refractivity contribution in [2.24, 2.45) is 0 Å². The maximum atomic E-state index is 13.1. The van der Waals surface area contributed by atoms with E-state index in [1.807, 2.05) is 6.07 Å². The Hall–Kier alpha value is -3.95. The van der Waals surface area contributed by atoms with E-state index in [4.69, 9.17) is 4.42 Å². The SMILES string of the molecule is O=C1NC(c2ccc(-c3ccccc3[N+](=O)[O-])o2)Nc2sc3c(c21)CCN(Cc1ccccc1)C3. The van der Waals surface area contributed by atoms with Gasteiger partial charge in [0.15, 0.2) is 6.17 Å². The Balaban J connectivity index is 1.23. The molecule has 0 saturated carbocycles. The molecule has 176 valence electrons. The highest BCUT2D eigenvalue weighted by molar-refractivity contribution is 7.16. The van der Waals surface area contributed by atoms with Crippen molar-refractivity contribution in [3.63, 3.8) is 0 Å². The number of nitro benzene ring substituents is 1. The molecular formula is C26H22N4O4S. The second-order valence-corrected chi connectivity index (χ2v) is 9.79. The van der Waals surface area contributed by atoms with Gasteiger partial charge in [0.05, 0.1) is 16.1 Å². The van der Waals surface area contributed by atoms with Crippen LogP contribution in [0.2, 0.25) is 0 Å². The average molecular weight is 487 g/mol. The lowest BCUT2D eigenvalue weighted by Gasteiger charge is -2.28. The number of para-hydroxylation sites is 1. The zero-order valence-electron chi connectivity index (χ0n) is 18.7. The van der Waals surface area contributed by atoms with Crippen LogP contribution in [-0.2, 0) is 19.5 Å². The van der Waals surface area contributed by atoms with Gasteiger partial charge < -0.3 is 15.1 Å². The van der Waals surface area contributed by atoms with E-state index in [0.717, 1.165) is 42.2 Å². The Morgan fingerprint density at radius 1 is 1.06 bits per heavy atom. The first-order valence-corrected chi connectivity index (χ1v) is 12.2. The highest BCUT2D eigenvalue weighted by Crippen LogP contribution is 2.41. The molecule has 4 aromatic rings. The van der Waals surface area contributed by atoms with E-state index < -0.39 is 11.1 Å². The number of carbonyl (C=O) groups is 1. The van der Waals surface area contributed by atoms with Crippen molar-refractivity contribution in [3.8, 4) is 11.3 Å². The second-order valence-electron chi connectivity index (χ2n) is 8.68. The molecule has 0 radical (unpaired) electrons. The van der Waals surface area contributed by atoms with E-state index in [-0.39, 0.29) is 11.6 Å². The largest absolute Gasteiger partial charge is 0.457 e. The standard InChI is InChI=1S/C26H22N4O4S/c31-25-23-18-12-13-29(14-16-6-2-1-3-7-16)15-22(18)35-26(23)28-24(27-25)21-11-10-20(34-21)17-8-4-5-9-19(17)30(32)33/h1-11,24,28H,12-15H2,(H,27,31). The lowest BCUT2D eigenvalue weighted by Crippen LogP contribution is -2.38. The topological polar surface area (TPSA) is 101 Å². The predicted molar refractivity (Wildman–Crippen MR) is 133 cm³/mol. The molecule has 1 unspecified atom stereocenters. The molecule has 0 aliphatic carbocycles. The summed E-state index contributed by atoms with van der Waals surface area (Å²) in [5, 5.41) is 18.6. The quantitative estimate of drug-likeness (QED) is 0.292. The normalized spacial score (nSPS) is 17.3. The van der Waals surface area contributed by atoms with Gasteiger partial charge in [-0.15, -0.1) is 11.3 Å². The number of fused-ring (bicyclic) bond motifs is 3. The Bertz CT molecular complexity index is 1430. The Morgan fingerprint density at radius 2 is 1.86 bits per heavy atom. The van der Waals surface area contributed by atoms with Gasteiger partial charge in [0, 0.05) is 30.6 Å². The molecule has 2 aromatic heterocycles. The van der Waals surface area contributed by atoms with Gasteiger partial charge in [-0.2, -0.15) is 0 Å². The summed E-state index contributed by atoms with van der Waals surface area (Å²) in [4.78, 5) is 27.7. The minimum atomic E-state index is -0.549. The molecule has 1 atom stereocenters. The van der Waals surface area contributed by atoms with Crippen LogP contribution < -0.4 is 10.6 Å². The zero-order valence-corrected chi connectivity index (χ0v) is 19.5. The predicted octanol–water partition coefficient (Wildman–Crippen LogP) is 5.33. The molecule has 0 bridgehead atoms. The summed E-state index contributed by atoms with van der Waals surface area (Å²) < 4.78 is 5.96. The third-order valence-corrected chi connectivity index (χ3v) is 7.59. The lowest BCUT2D eigenvalue weighted by atomic mass is 10.0. The number of rotatable bonds is 5. The number of hydrogen-bond acceptors (Lipinski definition) is 7. The summed E-state index contributed by atoms with van der Waals surface area (Å²) in [6.45, 7) is 2.59.